The second-order valence-corrected chi connectivity index (χ2v) is 8.40. The van der Waals surface area contributed by atoms with E-state index in [9.17, 15) is 4.79 Å². The molecule has 1 atom stereocenters. The molecule has 1 aliphatic heterocycles. The lowest BCUT2D eigenvalue weighted by Gasteiger charge is -2.32. The molecule has 1 amide bonds. The van der Waals surface area contributed by atoms with Crippen molar-refractivity contribution < 1.29 is 4.79 Å². The van der Waals surface area contributed by atoms with Gasteiger partial charge in [0.1, 0.15) is 5.82 Å². The summed E-state index contributed by atoms with van der Waals surface area (Å²) in [6.45, 7) is 6.84. The highest BCUT2D eigenvalue weighted by molar-refractivity contribution is 7.13. The number of piperidine rings is 1. The summed E-state index contributed by atoms with van der Waals surface area (Å²) < 4.78 is 2.36. The van der Waals surface area contributed by atoms with Crippen molar-refractivity contribution in [2.24, 2.45) is 0 Å². The first-order chi connectivity index (χ1) is 12.7. The molecule has 1 aromatic carbocycles. The maximum atomic E-state index is 12.9. The van der Waals surface area contributed by atoms with Crippen LogP contribution in [0.2, 0.25) is 0 Å². The molecule has 0 radical (unpaired) electrons. The Hall–Kier alpha value is -2.14. The lowest BCUT2D eigenvalue weighted by Crippen LogP contribution is -2.39. The van der Waals surface area contributed by atoms with Crippen LogP contribution >= 0.6 is 11.3 Å². The third-order valence-electron chi connectivity index (χ3n) is 5.16. The molecule has 1 fully saturated rings. The summed E-state index contributed by atoms with van der Waals surface area (Å²) in [6, 6.07) is 12.4. The Bertz CT molecular complexity index is 926. The Morgan fingerprint density at radius 2 is 2.12 bits per heavy atom. The first-order valence-electron chi connectivity index (χ1n) is 9.48. The van der Waals surface area contributed by atoms with E-state index in [4.69, 9.17) is 4.98 Å². The largest absolute Gasteiger partial charge is 0.337 e. The number of benzene rings is 1. The van der Waals surface area contributed by atoms with Gasteiger partial charge in [-0.05, 0) is 50.5 Å². The van der Waals surface area contributed by atoms with Crippen molar-refractivity contribution in [2.45, 2.75) is 45.6 Å². The molecule has 3 heterocycles. The third kappa shape index (κ3) is 3.16. The highest BCUT2D eigenvalue weighted by Gasteiger charge is 2.29. The van der Waals surface area contributed by atoms with Crippen molar-refractivity contribution in [1.29, 1.82) is 0 Å². The van der Waals surface area contributed by atoms with Crippen LogP contribution in [0, 0.1) is 6.92 Å². The van der Waals surface area contributed by atoms with E-state index in [1.807, 2.05) is 30.0 Å². The van der Waals surface area contributed by atoms with Crippen LogP contribution in [0.15, 0.2) is 36.4 Å². The fourth-order valence-corrected chi connectivity index (χ4v) is 4.78. The average molecular weight is 368 g/mol. The molecule has 0 bridgehead atoms. The number of hydrogen-bond donors (Lipinski definition) is 0. The van der Waals surface area contributed by atoms with Crippen LogP contribution in [0.25, 0.3) is 11.0 Å². The summed E-state index contributed by atoms with van der Waals surface area (Å²) in [6.07, 6.45) is 3.22. The number of nitrogens with zero attached hydrogens (tertiary/aromatic N) is 3. The van der Waals surface area contributed by atoms with Gasteiger partial charge in [-0.3, -0.25) is 4.79 Å². The Morgan fingerprint density at radius 3 is 2.88 bits per heavy atom. The van der Waals surface area contributed by atoms with Crippen LogP contribution in [-0.2, 0) is 6.54 Å². The van der Waals surface area contributed by atoms with Crippen LogP contribution in [-0.4, -0.2) is 33.4 Å². The summed E-state index contributed by atoms with van der Waals surface area (Å²) in [4.78, 5) is 21.9. The molecular weight excluding hydrogens is 342 g/mol. The summed E-state index contributed by atoms with van der Waals surface area (Å²) in [5, 5.41) is 0. The molecule has 26 heavy (non-hydrogen) atoms. The van der Waals surface area contributed by atoms with Gasteiger partial charge >= 0.3 is 0 Å². The predicted octanol–water partition coefficient (Wildman–Crippen LogP) is 4.84. The number of para-hydroxylation sites is 2. The number of rotatable bonds is 4. The molecule has 5 heteroatoms. The van der Waals surface area contributed by atoms with Gasteiger partial charge in [0.2, 0.25) is 0 Å². The average Bonchev–Trinajstić information content (AvgIpc) is 3.26. The number of amides is 1. The topological polar surface area (TPSA) is 38.1 Å². The summed E-state index contributed by atoms with van der Waals surface area (Å²) in [5.41, 5.74) is 2.27. The van der Waals surface area contributed by atoms with E-state index in [1.54, 1.807) is 11.3 Å². The van der Waals surface area contributed by atoms with E-state index in [2.05, 4.69) is 29.7 Å². The Kier molecular flexibility index (Phi) is 4.81. The zero-order valence-corrected chi connectivity index (χ0v) is 16.3. The zero-order valence-electron chi connectivity index (χ0n) is 15.4. The van der Waals surface area contributed by atoms with Gasteiger partial charge in [-0.1, -0.05) is 19.1 Å². The first kappa shape index (κ1) is 17.3. The summed E-state index contributed by atoms with van der Waals surface area (Å²) in [5.74, 6) is 1.63. The van der Waals surface area contributed by atoms with Crippen molar-refractivity contribution in [1.82, 2.24) is 14.5 Å². The number of carbonyl (C=O) groups is 1. The van der Waals surface area contributed by atoms with Gasteiger partial charge in [0.15, 0.2) is 0 Å². The minimum absolute atomic E-state index is 0.172. The van der Waals surface area contributed by atoms with E-state index < -0.39 is 0 Å². The fraction of sp³-hybridized carbons (Fsp3) is 0.429. The Labute approximate surface area is 158 Å². The molecule has 1 aliphatic rings. The number of aryl methyl sites for hydroxylation is 2. The maximum absolute atomic E-state index is 12.9. The standard InChI is InChI=1S/C21H25N3OS/c1-3-12-24-18-9-5-4-8-17(18)22-20(24)16-7-6-13-23(14-16)21(25)19-11-10-15(2)26-19/h4-5,8-11,16H,3,6-7,12-14H2,1-2H3. The number of likely N-dealkylation sites (tertiary alicyclic amines) is 1. The molecule has 1 unspecified atom stereocenters. The van der Waals surface area contributed by atoms with E-state index in [-0.39, 0.29) is 5.91 Å². The smallest absolute Gasteiger partial charge is 0.263 e. The SMILES string of the molecule is CCCn1c(C2CCCN(C(=O)c3ccc(C)s3)C2)nc2ccccc21. The molecule has 136 valence electrons. The molecule has 0 spiro atoms. The minimum Gasteiger partial charge on any atom is -0.337 e. The molecule has 2 aromatic heterocycles. The minimum atomic E-state index is 0.172. The van der Waals surface area contributed by atoms with Gasteiger partial charge in [0.25, 0.3) is 5.91 Å². The molecular formula is C21H25N3OS. The molecule has 0 N–H and O–H groups in total. The Morgan fingerprint density at radius 1 is 1.27 bits per heavy atom. The third-order valence-corrected chi connectivity index (χ3v) is 6.14. The first-order valence-corrected chi connectivity index (χ1v) is 10.3. The van der Waals surface area contributed by atoms with Crippen LogP contribution in [0.5, 0.6) is 0 Å². The summed E-state index contributed by atoms with van der Waals surface area (Å²) >= 11 is 1.59. The lowest BCUT2D eigenvalue weighted by molar-refractivity contribution is 0.0708. The fourth-order valence-electron chi connectivity index (χ4n) is 3.94. The van der Waals surface area contributed by atoms with Crippen molar-refractivity contribution >= 4 is 28.3 Å². The second-order valence-electron chi connectivity index (χ2n) is 7.11. The highest BCUT2D eigenvalue weighted by Crippen LogP contribution is 2.31. The number of thiophene rings is 1. The van der Waals surface area contributed by atoms with Gasteiger partial charge in [0.05, 0.1) is 15.9 Å². The molecule has 0 aliphatic carbocycles. The number of imidazole rings is 1. The Balaban J connectivity index is 1.62. The number of aromatic nitrogens is 2. The lowest BCUT2D eigenvalue weighted by atomic mass is 9.97. The number of fused-ring (bicyclic) bond motifs is 1. The van der Waals surface area contributed by atoms with Crippen LogP contribution in [0.3, 0.4) is 0 Å². The van der Waals surface area contributed by atoms with Crippen LogP contribution in [0.1, 0.15) is 52.5 Å². The van der Waals surface area contributed by atoms with Crippen molar-refractivity contribution in [2.75, 3.05) is 13.1 Å². The van der Waals surface area contributed by atoms with Crippen LogP contribution < -0.4 is 0 Å². The highest BCUT2D eigenvalue weighted by atomic mass is 32.1. The quantitative estimate of drug-likeness (QED) is 0.662. The predicted molar refractivity (Wildman–Crippen MR) is 107 cm³/mol. The van der Waals surface area contributed by atoms with E-state index in [0.717, 1.165) is 55.1 Å². The zero-order chi connectivity index (χ0) is 18.1. The van der Waals surface area contributed by atoms with Gasteiger partial charge in [-0.25, -0.2) is 4.98 Å². The molecule has 1 saturated heterocycles. The molecule has 4 nitrogen and oxygen atoms in total. The summed E-state index contributed by atoms with van der Waals surface area (Å²) in [7, 11) is 0. The van der Waals surface area contributed by atoms with Gasteiger partial charge in [-0.2, -0.15) is 0 Å². The van der Waals surface area contributed by atoms with Gasteiger partial charge < -0.3 is 9.47 Å². The molecule has 4 rings (SSSR count). The van der Waals surface area contributed by atoms with Crippen molar-refractivity contribution in [3.63, 3.8) is 0 Å². The number of hydrogen-bond acceptors (Lipinski definition) is 3. The normalized spacial score (nSPS) is 17.8. The van der Waals surface area contributed by atoms with Gasteiger partial charge in [-0.15, -0.1) is 11.3 Å². The number of carbonyl (C=O) groups excluding carboxylic acids is 1. The van der Waals surface area contributed by atoms with E-state index in [1.165, 1.54) is 10.4 Å². The van der Waals surface area contributed by atoms with E-state index >= 15 is 0 Å². The van der Waals surface area contributed by atoms with Crippen molar-refractivity contribution in [3.05, 3.63) is 52.0 Å². The monoisotopic (exact) mass is 367 g/mol. The van der Waals surface area contributed by atoms with Crippen LogP contribution in [0.4, 0.5) is 0 Å². The molecule has 0 saturated carbocycles. The van der Waals surface area contributed by atoms with E-state index in [0.29, 0.717) is 5.92 Å². The maximum Gasteiger partial charge on any atom is 0.263 e. The second kappa shape index (κ2) is 7.23. The van der Waals surface area contributed by atoms with Crippen molar-refractivity contribution in [3.8, 4) is 0 Å². The molecule has 3 aromatic rings. The van der Waals surface area contributed by atoms with Gasteiger partial charge in [0, 0.05) is 30.4 Å².